The van der Waals surface area contributed by atoms with Crippen molar-refractivity contribution >= 4 is 17.3 Å². The van der Waals surface area contributed by atoms with Crippen LogP contribution in [0.15, 0.2) is 90.0 Å². The zero-order valence-electron chi connectivity index (χ0n) is 22.3. The molecule has 0 fully saturated rings. The Kier molecular flexibility index (Phi) is 7.63. The van der Waals surface area contributed by atoms with Crippen molar-refractivity contribution in [2.75, 3.05) is 18.6 Å². The normalized spacial score (nSPS) is 17.4. The van der Waals surface area contributed by atoms with Crippen LogP contribution in [-0.4, -0.2) is 49.4 Å². The molecule has 2 aromatic carbocycles. The zero-order valence-corrected chi connectivity index (χ0v) is 22.3. The SMILES string of the molecule is COc1cccn(-c2ccc3c(c2)[C@@](O)([C@H](C)/C=C/CCn2cc(CCO)nn2)C(=O)N3c2ccccc2)c1=O. The van der Waals surface area contributed by atoms with Crippen molar-refractivity contribution in [2.45, 2.75) is 31.9 Å². The highest BCUT2D eigenvalue weighted by Crippen LogP contribution is 2.48. The van der Waals surface area contributed by atoms with Crippen LogP contribution >= 0.6 is 0 Å². The molecule has 0 spiro atoms. The number of aryl methyl sites for hydroxylation is 1. The molecule has 40 heavy (non-hydrogen) atoms. The number of aliphatic hydroxyl groups excluding tert-OH is 1. The fourth-order valence-electron chi connectivity index (χ4n) is 5.00. The Labute approximate surface area is 231 Å². The van der Waals surface area contributed by atoms with Gasteiger partial charge in [-0.3, -0.25) is 23.7 Å². The summed E-state index contributed by atoms with van der Waals surface area (Å²) in [4.78, 5) is 28.4. The van der Waals surface area contributed by atoms with Gasteiger partial charge < -0.3 is 14.9 Å². The number of ether oxygens (including phenoxy) is 1. The number of amides is 1. The molecule has 1 amide bonds. The number of nitrogens with zero attached hydrogens (tertiary/aromatic N) is 5. The molecule has 2 atom stereocenters. The third-order valence-electron chi connectivity index (χ3n) is 7.15. The molecule has 206 valence electrons. The van der Waals surface area contributed by atoms with Crippen molar-refractivity contribution in [3.8, 4) is 11.4 Å². The van der Waals surface area contributed by atoms with E-state index in [1.54, 1.807) is 54.3 Å². The Morgan fingerprint density at radius 2 is 1.88 bits per heavy atom. The van der Waals surface area contributed by atoms with Gasteiger partial charge in [0.15, 0.2) is 11.4 Å². The van der Waals surface area contributed by atoms with E-state index in [0.29, 0.717) is 47.7 Å². The summed E-state index contributed by atoms with van der Waals surface area (Å²) in [6, 6.07) is 17.7. The maximum Gasteiger partial charge on any atom is 0.297 e. The quantitative estimate of drug-likeness (QED) is 0.296. The molecule has 10 heteroatoms. The molecule has 1 aliphatic rings. The molecule has 0 unspecified atom stereocenters. The molecule has 2 aromatic heterocycles. The standard InChI is InChI=1S/C30H31N5O5/c1-21(9-6-7-16-33-20-22(15-18-36)31-32-33)30(39)25-19-24(34-17-8-12-27(40-2)28(34)37)13-14-26(25)35(29(30)38)23-10-4-3-5-11-23/h3-6,8-14,17,19-21,36,39H,7,15-16,18H2,1-2H3/b9-6+/t21-,30+/m1/s1. The molecule has 0 bridgehead atoms. The van der Waals surface area contributed by atoms with Crippen molar-refractivity contribution in [1.29, 1.82) is 0 Å². The molecule has 4 aromatic rings. The number of benzene rings is 2. The van der Waals surface area contributed by atoms with E-state index >= 15 is 0 Å². The van der Waals surface area contributed by atoms with E-state index in [1.165, 1.54) is 16.6 Å². The summed E-state index contributed by atoms with van der Waals surface area (Å²) in [5.41, 5.74) is 0.604. The van der Waals surface area contributed by atoms with Gasteiger partial charge in [0, 0.05) is 54.8 Å². The maximum atomic E-state index is 14.0. The first kappa shape index (κ1) is 27.0. The highest BCUT2D eigenvalue weighted by molar-refractivity contribution is 6.12. The summed E-state index contributed by atoms with van der Waals surface area (Å²) in [5.74, 6) is -0.872. The molecule has 0 saturated carbocycles. The molecular weight excluding hydrogens is 510 g/mol. The average molecular weight is 542 g/mol. The lowest BCUT2D eigenvalue weighted by atomic mass is 9.82. The minimum Gasteiger partial charge on any atom is -0.491 e. The highest BCUT2D eigenvalue weighted by atomic mass is 16.5. The van der Waals surface area contributed by atoms with Gasteiger partial charge in [-0.25, -0.2) is 0 Å². The first-order valence-electron chi connectivity index (χ1n) is 13.1. The van der Waals surface area contributed by atoms with Crippen LogP contribution in [0.1, 0.15) is 24.6 Å². The summed E-state index contributed by atoms with van der Waals surface area (Å²) in [7, 11) is 1.43. The first-order chi connectivity index (χ1) is 19.4. The van der Waals surface area contributed by atoms with Gasteiger partial charge in [0.2, 0.25) is 0 Å². The number of fused-ring (bicyclic) bond motifs is 1. The van der Waals surface area contributed by atoms with Crippen LogP contribution in [0.3, 0.4) is 0 Å². The number of pyridine rings is 1. The number of allylic oxidation sites excluding steroid dienone is 1. The number of hydrogen-bond acceptors (Lipinski definition) is 7. The fourth-order valence-corrected chi connectivity index (χ4v) is 5.00. The summed E-state index contributed by atoms with van der Waals surface area (Å²) < 4.78 is 8.32. The Morgan fingerprint density at radius 3 is 2.62 bits per heavy atom. The largest absolute Gasteiger partial charge is 0.491 e. The molecule has 5 rings (SSSR count). The van der Waals surface area contributed by atoms with Crippen LogP contribution in [0.4, 0.5) is 11.4 Å². The number of carbonyl (C=O) groups is 1. The van der Waals surface area contributed by atoms with Crippen LogP contribution in [0.25, 0.3) is 5.69 Å². The van der Waals surface area contributed by atoms with E-state index in [4.69, 9.17) is 9.84 Å². The number of aromatic nitrogens is 4. The molecule has 10 nitrogen and oxygen atoms in total. The van der Waals surface area contributed by atoms with Crippen molar-refractivity contribution in [1.82, 2.24) is 19.6 Å². The lowest BCUT2D eigenvalue weighted by Crippen LogP contribution is -2.42. The summed E-state index contributed by atoms with van der Waals surface area (Å²) in [5, 5.41) is 29.3. The second-order valence-electron chi connectivity index (χ2n) is 9.65. The molecule has 0 saturated heterocycles. The lowest BCUT2D eigenvalue weighted by molar-refractivity contribution is -0.138. The van der Waals surface area contributed by atoms with Gasteiger partial charge in [-0.05, 0) is 48.9 Å². The molecule has 1 aliphatic heterocycles. The van der Waals surface area contributed by atoms with E-state index in [2.05, 4.69) is 10.3 Å². The third kappa shape index (κ3) is 4.83. The van der Waals surface area contributed by atoms with Gasteiger partial charge in [-0.15, -0.1) is 5.10 Å². The Bertz CT molecular complexity index is 1600. The predicted octanol–water partition coefficient (Wildman–Crippen LogP) is 3.12. The van der Waals surface area contributed by atoms with E-state index in [9.17, 15) is 14.7 Å². The number of anilines is 2. The Morgan fingerprint density at radius 1 is 1.07 bits per heavy atom. The topological polar surface area (TPSA) is 123 Å². The average Bonchev–Trinajstić information content (AvgIpc) is 3.51. The van der Waals surface area contributed by atoms with Crippen molar-refractivity contribution in [3.05, 3.63) is 107 Å². The maximum absolute atomic E-state index is 14.0. The van der Waals surface area contributed by atoms with Gasteiger partial charge in [-0.2, -0.15) is 0 Å². The second kappa shape index (κ2) is 11.3. The van der Waals surface area contributed by atoms with Gasteiger partial charge >= 0.3 is 0 Å². The number of carbonyl (C=O) groups excluding carboxylic acids is 1. The predicted molar refractivity (Wildman–Crippen MR) is 150 cm³/mol. The molecule has 2 N–H and O–H groups in total. The van der Waals surface area contributed by atoms with Gasteiger partial charge in [0.25, 0.3) is 11.5 Å². The van der Waals surface area contributed by atoms with E-state index in [-0.39, 0.29) is 17.9 Å². The second-order valence-corrected chi connectivity index (χ2v) is 9.65. The van der Waals surface area contributed by atoms with Crippen LogP contribution in [0, 0.1) is 5.92 Å². The van der Waals surface area contributed by atoms with Crippen LogP contribution in [0.2, 0.25) is 0 Å². The molecular formula is C30H31N5O5. The minimum atomic E-state index is -1.87. The number of para-hydroxylation sites is 1. The number of rotatable bonds is 10. The Balaban J connectivity index is 1.49. The Hall–Kier alpha value is -4.54. The fraction of sp³-hybridized carbons (Fsp3) is 0.267. The highest BCUT2D eigenvalue weighted by Gasteiger charge is 2.53. The summed E-state index contributed by atoms with van der Waals surface area (Å²) in [6.45, 7) is 2.37. The van der Waals surface area contributed by atoms with Gasteiger partial charge in [0.1, 0.15) is 0 Å². The van der Waals surface area contributed by atoms with Crippen LogP contribution < -0.4 is 15.2 Å². The number of hydrogen-bond donors (Lipinski definition) is 2. The zero-order chi connectivity index (χ0) is 28.3. The van der Waals surface area contributed by atoms with E-state index in [1.807, 2.05) is 42.5 Å². The number of methoxy groups -OCH3 is 1. The molecule has 0 aliphatic carbocycles. The van der Waals surface area contributed by atoms with Crippen molar-refractivity contribution in [2.24, 2.45) is 5.92 Å². The van der Waals surface area contributed by atoms with Gasteiger partial charge in [0.05, 0.1) is 18.5 Å². The number of aliphatic hydroxyl groups is 2. The van der Waals surface area contributed by atoms with Crippen LogP contribution in [-0.2, 0) is 23.4 Å². The summed E-state index contributed by atoms with van der Waals surface area (Å²) in [6.07, 6.45) is 8.19. The molecule has 3 heterocycles. The van der Waals surface area contributed by atoms with Gasteiger partial charge in [-0.1, -0.05) is 42.5 Å². The van der Waals surface area contributed by atoms with Crippen molar-refractivity contribution < 1.29 is 19.7 Å². The first-order valence-corrected chi connectivity index (χ1v) is 13.1. The van der Waals surface area contributed by atoms with Crippen molar-refractivity contribution in [3.63, 3.8) is 0 Å². The monoisotopic (exact) mass is 541 g/mol. The summed E-state index contributed by atoms with van der Waals surface area (Å²) >= 11 is 0. The van der Waals surface area contributed by atoms with Crippen LogP contribution in [0.5, 0.6) is 5.75 Å². The molecule has 0 radical (unpaired) electrons. The third-order valence-corrected chi connectivity index (χ3v) is 7.15. The minimum absolute atomic E-state index is 0.0123. The smallest absolute Gasteiger partial charge is 0.297 e. The lowest BCUT2D eigenvalue weighted by Gasteiger charge is -2.28. The van der Waals surface area contributed by atoms with E-state index in [0.717, 1.165) is 0 Å². The van der Waals surface area contributed by atoms with E-state index < -0.39 is 17.4 Å².